The maximum atomic E-state index is 11.9. The number of aromatic nitrogens is 1. The summed E-state index contributed by atoms with van der Waals surface area (Å²) >= 11 is 3.30. The SMILES string of the molecule is Nc1ccc(Br)cc1C(=O)Nc1cccnc1. The molecule has 0 aliphatic heterocycles. The van der Waals surface area contributed by atoms with Crippen LogP contribution in [0.2, 0.25) is 0 Å². The number of nitrogens with two attached hydrogens (primary N) is 1. The van der Waals surface area contributed by atoms with Crippen LogP contribution >= 0.6 is 15.9 Å². The number of hydrogen-bond donors (Lipinski definition) is 2. The number of carbonyl (C=O) groups excluding carboxylic acids is 1. The Bertz CT molecular complexity index is 543. The maximum Gasteiger partial charge on any atom is 0.257 e. The van der Waals surface area contributed by atoms with Gasteiger partial charge in [-0.25, -0.2) is 0 Å². The molecule has 0 atom stereocenters. The molecule has 0 aliphatic rings. The molecule has 0 spiro atoms. The quantitative estimate of drug-likeness (QED) is 0.836. The lowest BCUT2D eigenvalue weighted by Crippen LogP contribution is -2.14. The molecule has 0 saturated heterocycles. The van der Waals surface area contributed by atoms with Crippen LogP contribution in [0.4, 0.5) is 11.4 Å². The van der Waals surface area contributed by atoms with Crippen LogP contribution in [0, 0.1) is 0 Å². The van der Waals surface area contributed by atoms with Crippen molar-refractivity contribution in [1.82, 2.24) is 4.98 Å². The number of pyridine rings is 1. The van der Waals surface area contributed by atoms with Gasteiger partial charge >= 0.3 is 0 Å². The van der Waals surface area contributed by atoms with Gasteiger partial charge in [-0.05, 0) is 30.3 Å². The summed E-state index contributed by atoms with van der Waals surface area (Å²) in [4.78, 5) is 15.9. The highest BCUT2D eigenvalue weighted by Gasteiger charge is 2.10. The van der Waals surface area contributed by atoms with E-state index in [9.17, 15) is 4.79 Å². The van der Waals surface area contributed by atoms with Crippen molar-refractivity contribution in [3.8, 4) is 0 Å². The minimum atomic E-state index is -0.253. The van der Waals surface area contributed by atoms with Crippen LogP contribution in [0.15, 0.2) is 47.2 Å². The van der Waals surface area contributed by atoms with Crippen LogP contribution in [0.25, 0.3) is 0 Å². The van der Waals surface area contributed by atoms with Gasteiger partial charge < -0.3 is 11.1 Å². The first-order valence-electron chi connectivity index (χ1n) is 4.93. The molecule has 1 aromatic heterocycles. The number of amides is 1. The molecule has 86 valence electrons. The molecular weight excluding hydrogens is 282 g/mol. The van der Waals surface area contributed by atoms with Crippen LogP contribution in [0.3, 0.4) is 0 Å². The molecule has 0 radical (unpaired) electrons. The zero-order valence-corrected chi connectivity index (χ0v) is 10.4. The molecule has 0 fully saturated rings. The first kappa shape index (κ1) is 11.6. The Balaban J connectivity index is 2.23. The summed E-state index contributed by atoms with van der Waals surface area (Å²) in [6.07, 6.45) is 3.22. The lowest BCUT2D eigenvalue weighted by molar-refractivity contribution is 0.102. The lowest BCUT2D eigenvalue weighted by Gasteiger charge is -2.07. The van der Waals surface area contributed by atoms with Gasteiger partial charge in [-0.15, -0.1) is 0 Å². The number of carbonyl (C=O) groups is 1. The molecule has 5 heteroatoms. The summed E-state index contributed by atoms with van der Waals surface area (Å²) < 4.78 is 0.808. The van der Waals surface area contributed by atoms with Crippen LogP contribution in [-0.2, 0) is 0 Å². The van der Waals surface area contributed by atoms with Crippen molar-refractivity contribution in [2.45, 2.75) is 0 Å². The third kappa shape index (κ3) is 2.82. The van der Waals surface area contributed by atoms with Crippen molar-refractivity contribution >= 4 is 33.2 Å². The van der Waals surface area contributed by atoms with Crippen LogP contribution in [0.5, 0.6) is 0 Å². The van der Waals surface area contributed by atoms with Crippen molar-refractivity contribution in [2.75, 3.05) is 11.1 Å². The van der Waals surface area contributed by atoms with E-state index in [0.717, 1.165) is 4.47 Å². The molecule has 0 saturated carbocycles. The fourth-order valence-corrected chi connectivity index (χ4v) is 1.72. The van der Waals surface area contributed by atoms with E-state index in [1.54, 1.807) is 42.7 Å². The van der Waals surface area contributed by atoms with Crippen LogP contribution in [-0.4, -0.2) is 10.9 Å². The summed E-state index contributed by atoms with van der Waals surface area (Å²) in [7, 11) is 0. The number of nitrogens with one attached hydrogen (secondary N) is 1. The topological polar surface area (TPSA) is 68.0 Å². The smallest absolute Gasteiger partial charge is 0.257 e. The third-order valence-corrected chi connectivity index (χ3v) is 2.67. The zero-order chi connectivity index (χ0) is 12.3. The van der Waals surface area contributed by atoms with Crippen molar-refractivity contribution in [2.24, 2.45) is 0 Å². The van der Waals surface area contributed by atoms with Crippen LogP contribution < -0.4 is 11.1 Å². The number of anilines is 2. The van der Waals surface area contributed by atoms with Gasteiger partial charge in [-0.2, -0.15) is 0 Å². The normalized spacial score (nSPS) is 9.94. The number of nitrogen functional groups attached to an aromatic ring is 1. The van der Waals surface area contributed by atoms with Gasteiger partial charge in [-0.1, -0.05) is 15.9 Å². The van der Waals surface area contributed by atoms with Crippen LogP contribution in [0.1, 0.15) is 10.4 Å². The first-order chi connectivity index (χ1) is 8.16. The van der Waals surface area contributed by atoms with Crippen molar-refractivity contribution < 1.29 is 4.79 Å². The van der Waals surface area contributed by atoms with E-state index in [1.165, 1.54) is 0 Å². The largest absolute Gasteiger partial charge is 0.398 e. The molecule has 0 aliphatic carbocycles. The molecule has 4 nitrogen and oxygen atoms in total. The zero-order valence-electron chi connectivity index (χ0n) is 8.85. The summed E-state index contributed by atoms with van der Waals surface area (Å²) in [5, 5.41) is 2.72. The van der Waals surface area contributed by atoms with Gasteiger partial charge in [0, 0.05) is 16.4 Å². The molecule has 1 aromatic carbocycles. The third-order valence-electron chi connectivity index (χ3n) is 2.18. The van der Waals surface area contributed by atoms with Gasteiger partial charge in [0.25, 0.3) is 5.91 Å². The monoisotopic (exact) mass is 291 g/mol. The Morgan fingerprint density at radius 1 is 1.35 bits per heavy atom. The van der Waals surface area contributed by atoms with Crippen molar-refractivity contribution in [1.29, 1.82) is 0 Å². The predicted molar refractivity (Wildman–Crippen MR) is 70.7 cm³/mol. The Labute approximate surface area is 107 Å². The lowest BCUT2D eigenvalue weighted by atomic mass is 10.1. The van der Waals surface area contributed by atoms with Gasteiger partial charge in [0.2, 0.25) is 0 Å². The number of halogens is 1. The first-order valence-corrected chi connectivity index (χ1v) is 5.72. The summed E-state index contributed by atoms with van der Waals surface area (Å²) in [6, 6.07) is 8.67. The average Bonchev–Trinajstić information content (AvgIpc) is 2.33. The Morgan fingerprint density at radius 3 is 2.88 bits per heavy atom. The molecule has 2 rings (SSSR count). The second-order valence-corrected chi connectivity index (χ2v) is 4.34. The summed E-state index contributed by atoms with van der Waals surface area (Å²) in [5.74, 6) is -0.253. The molecule has 1 heterocycles. The van der Waals surface area contributed by atoms with Crippen molar-refractivity contribution in [3.63, 3.8) is 0 Å². The molecule has 0 bridgehead atoms. The summed E-state index contributed by atoms with van der Waals surface area (Å²) in [6.45, 7) is 0. The van der Waals surface area contributed by atoms with E-state index in [-0.39, 0.29) is 5.91 Å². The molecule has 2 aromatic rings. The van der Waals surface area contributed by atoms with E-state index >= 15 is 0 Å². The molecule has 17 heavy (non-hydrogen) atoms. The number of benzene rings is 1. The standard InChI is InChI=1S/C12H10BrN3O/c13-8-3-4-11(14)10(6-8)12(17)16-9-2-1-5-15-7-9/h1-7H,14H2,(H,16,17). The number of rotatable bonds is 2. The molecule has 3 N–H and O–H groups in total. The van der Waals surface area contributed by atoms with E-state index in [2.05, 4.69) is 26.2 Å². The predicted octanol–water partition coefficient (Wildman–Crippen LogP) is 2.68. The second kappa shape index (κ2) is 4.97. The Hall–Kier alpha value is -1.88. The second-order valence-electron chi connectivity index (χ2n) is 3.43. The highest BCUT2D eigenvalue weighted by Crippen LogP contribution is 2.19. The summed E-state index contributed by atoms with van der Waals surface area (Å²) in [5.41, 5.74) is 7.26. The number of hydrogen-bond acceptors (Lipinski definition) is 3. The van der Waals surface area contributed by atoms with E-state index < -0.39 is 0 Å². The number of nitrogens with zero attached hydrogens (tertiary/aromatic N) is 1. The van der Waals surface area contributed by atoms with Gasteiger partial charge in [-0.3, -0.25) is 9.78 Å². The maximum absolute atomic E-state index is 11.9. The van der Waals surface area contributed by atoms with Gasteiger partial charge in [0.05, 0.1) is 17.4 Å². The highest BCUT2D eigenvalue weighted by molar-refractivity contribution is 9.10. The molecular formula is C12H10BrN3O. The fourth-order valence-electron chi connectivity index (χ4n) is 1.36. The van der Waals surface area contributed by atoms with E-state index in [0.29, 0.717) is 16.9 Å². The van der Waals surface area contributed by atoms with E-state index in [1.807, 2.05) is 0 Å². The van der Waals surface area contributed by atoms with Crippen molar-refractivity contribution in [3.05, 3.63) is 52.8 Å². The molecule has 0 unspecified atom stereocenters. The highest BCUT2D eigenvalue weighted by atomic mass is 79.9. The Kier molecular flexibility index (Phi) is 3.39. The molecule has 1 amide bonds. The minimum Gasteiger partial charge on any atom is -0.398 e. The Morgan fingerprint density at radius 2 is 2.18 bits per heavy atom. The van der Waals surface area contributed by atoms with E-state index in [4.69, 9.17) is 5.73 Å². The fraction of sp³-hybridized carbons (Fsp3) is 0. The van der Waals surface area contributed by atoms with Gasteiger partial charge in [0.15, 0.2) is 0 Å². The van der Waals surface area contributed by atoms with Gasteiger partial charge in [0.1, 0.15) is 0 Å². The average molecular weight is 292 g/mol. The minimum absolute atomic E-state index is 0.253.